The molecule has 3 heteroatoms. The minimum Gasteiger partial charge on any atom is -0.393 e. The lowest BCUT2D eigenvalue weighted by Gasteiger charge is -2.32. The molecule has 0 bridgehead atoms. The molecule has 23 heavy (non-hydrogen) atoms. The minimum absolute atomic E-state index is 0.0421. The van der Waals surface area contributed by atoms with Crippen LogP contribution >= 0.6 is 0 Å². The van der Waals surface area contributed by atoms with Gasteiger partial charge in [-0.2, -0.15) is 0 Å². The molecule has 122 valence electrons. The summed E-state index contributed by atoms with van der Waals surface area (Å²) in [4.78, 5) is 14.7. The van der Waals surface area contributed by atoms with Gasteiger partial charge >= 0.3 is 0 Å². The number of hydrogen-bond acceptors (Lipinski definition) is 2. The van der Waals surface area contributed by atoms with Gasteiger partial charge in [-0.05, 0) is 48.9 Å². The number of fused-ring (bicyclic) bond motifs is 1. The summed E-state index contributed by atoms with van der Waals surface area (Å²) < 4.78 is 0. The maximum Gasteiger partial charge on any atom is 0.225 e. The van der Waals surface area contributed by atoms with E-state index in [1.165, 1.54) is 16.3 Å². The number of carbonyl (C=O) groups excluding carboxylic acids is 1. The highest BCUT2D eigenvalue weighted by Gasteiger charge is 2.29. The van der Waals surface area contributed by atoms with Crippen molar-refractivity contribution < 1.29 is 9.90 Å². The van der Waals surface area contributed by atoms with Gasteiger partial charge in [-0.15, -0.1) is 0 Å². The zero-order chi connectivity index (χ0) is 16.4. The molecule has 0 aromatic heterocycles. The molecule has 3 rings (SSSR count). The van der Waals surface area contributed by atoms with Gasteiger partial charge in [0.15, 0.2) is 0 Å². The summed E-state index contributed by atoms with van der Waals surface area (Å²) in [6.07, 6.45) is 2.86. The molecule has 0 spiro atoms. The summed E-state index contributed by atoms with van der Waals surface area (Å²) in [5.74, 6) is 0.262. The van der Waals surface area contributed by atoms with E-state index in [0.29, 0.717) is 0 Å². The van der Waals surface area contributed by atoms with Crippen LogP contribution in [0.2, 0.25) is 0 Å². The first-order valence-corrected chi connectivity index (χ1v) is 8.50. The summed E-state index contributed by atoms with van der Waals surface area (Å²) in [6.45, 7) is 2.09. The molecular formula is C20H25NO2. The van der Waals surface area contributed by atoms with Crippen molar-refractivity contribution >= 4 is 16.7 Å². The fraction of sp³-hybridized carbons (Fsp3) is 0.450. The largest absolute Gasteiger partial charge is 0.393 e. The molecule has 2 aromatic carbocycles. The van der Waals surface area contributed by atoms with Gasteiger partial charge in [-0.1, -0.05) is 42.5 Å². The van der Waals surface area contributed by atoms with E-state index in [4.69, 9.17) is 0 Å². The number of nitrogens with zero attached hydrogens (tertiary/aromatic N) is 1. The maximum absolute atomic E-state index is 12.8. The van der Waals surface area contributed by atoms with E-state index in [1.54, 1.807) is 0 Å². The maximum atomic E-state index is 12.8. The Morgan fingerprint density at radius 2 is 1.74 bits per heavy atom. The first-order chi connectivity index (χ1) is 11.1. The molecule has 0 radical (unpaired) electrons. The quantitative estimate of drug-likeness (QED) is 0.933. The predicted octanol–water partition coefficient (Wildman–Crippen LogP) is 3.91. The van der Waals surface area contributed by atoms with Gasteiger partial charge in [0, 0.05) is 13.0 Å². The lowest BCUT2D eigenvalue weighted by atomic mass is 9.86. The topological polar surface area (TPSA) is 40.5 Å². The van der Waals surface area contributed by atoms with Gasteiger partial charge in [0.05, 0.1) is 12.1 Å². The Balaban J connectivity index is 1.81. The van der Waals surface area contributed by atoms with Crippen molar-refractivity contribution in [2.24, 2.45) is 5.92 Å². The Kier molecular flexibility index (Phi) is 4.67. The van der Waals surface area contributed by atoms with E-state index in [0.717, 1.165) is 25.7 Å². The number of benzene rings is 2. The summed E-state index contributed by atoms with van der Waals surface area (Å²) in [5, 5.41) is 12.0. The van der Waals surface area contributed by atoms with Crippen LogP contribution in [0.25, 0.3) is 10.8 Å². The second kappa shape index (κ2) is 6.71. The number of hydrogen-bond donors (Lipinski definition) is 1. The van der Waals surface area contributed by atoms with Crippen molar-refractivity contribution in [3.05, 3.63) is 48.0 Å². The number of aliphatic hydroxyl groups is 1. The van der Waals surface area contributed by atoms with Gasteiger partial charge in [0.25, 0.3) is 0 Å². The molecule has 1 atom stereocenters. The second-order valence-electron chi connectivity index (χ2n) is 6.70. The van der Waals surface area contributed by atoms with Crippen LogP contribution in [0.4, 0.5) is 0 Å². The zero-order valence-electron chi connectivity index (χ0n) is 13.9. The van der Waals surface area contributed by atoms with Gasteiger partial charge < -0.3 is 10.0 Å². The molecule has 1 N–H and O–H groups in total. The zero-order valence-corrected chi connectivity index (χ0v) is 13.9. The molecule has 2 aromatic rings. The lowest BCUT2D eigenvalue weighted by Crippen LogP contribution is -2.37. The summed E-state index contributed by atoms with van der Waals surface area (Å²) in [7, 11) is 1.90. The molecule has 1 unspecified atom stereocenters. The smallest absolute Gasteiger partial charge is 0.225 e. The van der Waals surface area contributed by atoms with Crippen LogP contribution in [-0.4, -0.2) is 29.1 Å². The highest BCUT2D eigenvalue weighted by molar-refractivity contribution is 5.87. The van der Waals surface area contributed by atoms with Crippen molar-refractivity contribution in [3.8, 4) is 0 Å². The third kappa shape index (κ3) is 3.25. The second-order valence-corrected chi connectivity index (χ2v) is 6.70. The van der Waals surface area contributed by atoms with Crippen LogP contribution in [0.1, 0.15) is 44.2 Å². The molecule has 1 aliphatic carbocycles. The third-order valence-electron chi connectivity index (χ3n) is 5.25. The van der Waals surface area contributed by atoms with Crippen LogP contribution in [-0.2, 0) is 4.79 Å². The normalized spacial score (nSPS) is 22.7. The van der Waals surface area contributed by atoms with Crippen molar-refractivity contribution in [1.82, 2.24) is 4.90 Å². The SMILES string of the molecule is CC(c1cccc2ccccc12)N(C)C(=O)C1CCC(O)CC1. The Bertz CT molecular complexity index is 684. The van der Waals surface area contributed by atoms with Gasteiger partial charge in [-0.3, -0.25) is 4.79 Å². The van der Waals surface area contributed by atoms with E-state index < -0.39 is 0 Å². The highest BCUT2D eigenvalue weighted by Crippen LogP contribution is 2.31. The average Bonchev–Trinajstić information content (AvgIpc) is 2.60. The Morgan fingerprint density at radius 3 is 2.48 bits per heavy atom. The standard InChI is InChI=1S/C20H25NO2/c1-14(18-9-5-7-15-6-3-4-8-19(15)18)21(2)20(23)16-10-12-17(22)13-11-16/h3-9,14,16-17,22H,10-13H2,1-2H3. The fourth-order valence-electron chi connectivity index (χ4n) is 3.63. The summed E-state index contributed by atoms with van der Waals surface area (Å²) in [5.41, 5.74) is 1.19. The van der Waals surface area contributed by atoms with Gasteiger partial charge in [0.1, 0.15) is 0 Å². The van der Waals surface area contributed by atoms with Gasteiger partial charge in [0.2, 0.25) is 5.91 Å². The van der Waals surface area contributed by atoms with Crippen LogP contribution in [0, 0.1) is 5.92 Å². The van der Waals surface area contributed by atoms with E-state index in [9.17, 15) is 9.90 Å². The highest BCUT2D eigenvalue weighted by atomic mass is 16.3. The van der Waals surface area contributed by atoms with Crippen LogP contribution in [0.15, 0.2) is 42.5 Å². The number of aliphatic hydroxyl groups excluding tert-OH is 1. The summed E-state index contributed by atoms with van der Waals surface area (Å²) in [6, 6.07) is 14.6. The minimum atomic E-state index is -0.222. The molecule has 1 aliphatic rings. The van der Waals surface area contributed by atoms with Crippen molar-refractivity contribution in [2.45, 2.75) is 44.8 Å². The fourth-order valence-corrected chi connectivity index (χ4v) is 3.63. The van der Waals surface area contributed by atoms with Crippen molar-refractivity contribution in [2.75, 3.05) is 7.05 Å². The number of rotatable bonds is 3. The average molecular weight is 311 g/mol. The molecule has 1 amide bonds. The number of amides is 1. The van der Waals surface area contributed by atoms with E-state index in [-0.39, 0.29) is 24.0 Å². The predicted molar refractivity (Wildman–Crippen MR) is 93.1 cm³/mol. The van der Waals surface area contributed by atoms with Crippen molar-refractivity contribution in [3.63, 3.8) is 0 Å². The Hall–Kier alpha value is -1.87. The van der Waals surface area contributed by atoms with E-state index in [1.807, 2.05) is 24.1 Å². The van der Waals surface area contributed by atoms with E-state index >= 15 is 0 Å². The first-order valence-electron chi connectivity index (χ1n) is 8.50. The van der Waals surface area contributed by atoms with Crippen LogP contribution in [0.3, 0.4) is 0 Å². The Labute approximate surface area is 137 Å². The number of carbonyl (C=O) groups is 1. The summed E-state index contributed by atoms with van der Waals surface area (Å²) >= 11 is 0. The van der Waals surface area contributed by atoms with Crippen LogP contribution < -0.4 is 0 Å². The first kappa shape index (κ1) is 16.0. The molecule has 3 nitrogen and oxygen atoms in total. The van der Waals surface area contributed by atoms with Crippen LogP contribution in [0.5, 0.6) is 0 Å². The Morgan fingerprint density at radius 1 is 1.09 bits per heavy atom. The van der Waals surface area contributed by atoms with Crippen molar-refractivity contribution in [1.29, 1.82) is 0 Å². The van der Waals surface area contributed by atoms with Gasteiger partial charge in [-0.25, -0.2) is 0 Å². The monoisotopic (exact) mass is 311 g/mol. The van der Waals surface area contributed by atoms with E-state index in [2.05, 4.69) is 37.3 Å². The molecule has 0 heterocycles. The molecular weight excluding hydrogens is 286 g/mol. The molecule has 0 aliphatic heterocycles. The molecule has 0 saturated heterocycles. The third-order valence-corrected chi connectivity index (χ3v) is 5.25. The lowest BCUT2D eigenvalue weighted by molar-refractivity contribution is -0.137. The molecule has 1 saturated carbocycles. The molecule has 1 fully saturated rings.